The first-order valence-corrected chi connectivity index (χ1v) is 8.14. The lowest BCUT2D eigenvalue weighted by Crippen LogP contribution is -1.88. The zero-order valence-corrected chi connectivity index (χ0v) is 13.8. The summed E-state index contributed by atoms with van der Waals surface area (Å²) in [5.74, 6) is 0.232. The van der Waals surface area contributed by atoms with Gasteiger partial charge in [0.2, 0.25) is 0 Å². The fraction of sp³-hybridized carbons (Fsp3) is 0. The molecule has 2 heteroatoms. The summed E-state index contributed by atoms with van der Waals surface area (Å²) in [7, 11) is 0. The summed E-state index contributed by atoms with van der Waals surface area (Å²) in [6.07, 6.45) is 23.8. The second-order valence-electron chi connectivity index (χ2n) is 5.47. The third kappa shape index (κ3) is 4.55. The van der Waals surface area contributed by atoms with Crippen LogP contribution in [0.2, 0.25) is 0 Å². The normalized spacial score (nSPS) is 22.5. The second kappa shape index (κ2) is 8.46. The molecule has 0 amide bonds. The number of phenolic OH excluding ortho intramolecular Hbond substituents is 1. The van der Waals surface area contributed by atoms with Crippen molar-refractivity contribution in [3.8, 4) is 17.0 Å². The molecule has 1 aliphatic rings. The maximum atomic E-state index is 10.1. The highest BCUT2D eigenvalue weighted by Gasteiger charge is 2.06. The van der Waals surface area contributed by atoms with Crippen LogP contribution in [0.1, 0.15) is 5.56 Å². The Balaban J connectivity index is 1.99. The van der Waals surface area contributed by atoms with Crippen LogP contribution in [0.4, 0.5) is 0 Å². The molecule has 0 atom stereocenters. The molecule has 1 N–H and O–H groups in total. The van der Waals surface area contributed by atoms with E-state index < -0.39 is 0 Å². The molecule has 0 fully saturated rings. The van der Waals surface area contributed by atoms with Gasteiger partial charge in [-0.2, -0.15) is 0 Å². The van der Waals surface area contributed by atoms with Crippen LogP contribution in [-0.4, -0.2) is 10.1 Å². The Kier molecular flexibility index (Phi) is 5.57. The molecular weight excluding hydrogens is 306 g/mol. The third-order valence-electron chi connectivity index (χ3n) is 3.71. The van der Waals surface area contributed by atoms with E-state index in [4.69, 9.17) is 0 Å². The summed E-state index contributed by atoms with van der Waals surface area (Å²) in [4.78, 5) is 4.40. The molecule has 0 bridgehead atoms. The van der Waals surface area contributed by atoms with Crippen LogP contribution in [0.25, 0.3) is 16.8 Å². The van der Waals surface area contributed by atoms with Crippen molar-refractivity contribution in [3.05, 3.63) is 115 Å². The summed E-state index contributed by atoms with van der Waals surface area (Å²) >= 11 is 0. The Morgan fingerprint density at radius 1 is 0.720 bits per heavy atom. The fourth-order valence-electron chi connectivity index (χ4n) is 2.46. The first-order valence-electron chi connectivity index (χ1n) is 8.14. The minimum atomic E-state index is 0.232. The van der Waals surface area contributed by atoms with Crippen molar-refractivity contribution in [2.24, 2.45) is 0 Å². The molecule has 1 aromatic heterocycles. The first-order chi connectivity index (χ1) is 12.3. The highest BCUT2D eigenvalue weighted by atomic mass is 16.3. The zero-order valence-electron chi connectivity index (χ0n) is 13.8. The quantitative estimate of drug-likeness (QED) is 0.776. The predicted octanol–water partition coefficient (Wildman–Crippen LogP) is 5.63. The van der Waals surface area contributed by atoms with Gasteiger partial charge >= 0.3 is 0 Å². The average Bonchev–Trinajstić information content (AvgIpc) is 2.63. The van der Waals surface area contributed by atoms with E-state index >= 15 is 0 Å². The van der Waals surface area contributed by atoms with E-state index in [1.165, 1.54) is 0 Å². The number of pyridine rings is 1. The van der Waals surface area contributed by atoms with Gasteiger partial charge in [-0.25, -0.2) is 0 Å². The standard InChI is InChI=1S/C23H19NO/c25-23-15-11-10-14-21(23)22-18-20(16-17-24-22)19-12-8-6-4-2-1-3-5-7-9-13-19/h1-18,25H/b2-1-,3-1?,4-2?,5-3-,6-4-,7-5?,8-6?,9-7-,12-8-,13-9?,19-12?,19-13+. The molecular formula is C23H19NO. The Morgan fingerprint density at radius 3 is 2.16 bits per heavy atom. The highest BCUT2D eigenvalue weighted by Crippen LogP contribution is 2.29. The summed E-state index contributed by atoms with van der Waals surface area (Å²) in [6.45, 7) is 0. The lowest BCUT2D eigenvalue weighted by Gasteiger charge is -2.07. The van der Waals surface area contributed by atoms with E-state index in [0.29, 0.717) is 0 Å². The van der Waals surface area contributed by atoms with Crippen molar-refractivity contribution in [3.63, 3.8) is 0 Å². The molecule has 122 valence electrons. The molecule has 0 spiro atoms. The SMILES string of the molecule is Oc1ccccc1-c1cc(C2=C/C=C\C=C/C=C\C=C/C=C\2)ccn1. The topological polar surface area (TPSA) is 33.1 Å². The highest BCUT2D eigenvalue weighted by molar-refractivity contribution is 5.78. The third-order valence-corrected chi connectivity index (χ3v) is 3.71. The van der Waals surface area contributed by atoms with E-state index in [1.807, 2.05) is 78.9 Å². The van der Waals surface area contributed by atoms with E-state index in [9.17, 15) is 5.11 Å². The largest absolute Gasteiger partial charge is 0.507 e. The number of nitrogens with zero attached hydrogens (tertiary/aromatic N) is 1. The molecule has 25 heavy (non-hydrogen) atoms. The molecule has 2 nitrogen and oxygen atoms in total. The molecule has 3 rings (SSSR count). The fourth-order valence-corrected chi connectivity index (χ4v) is 2.46. The van der Waals surface area contributed by atoms with Crippen LogP contribution in [0.3, 0.4) is 0 Å². The van der Waals surface area contributed by atoms with Crippen LogP contribution in [0, 0.1) is 0 Å². The lowest BCUT2D eigenvalue weighted by atomic mass is 10.0. The van der Waals surface area contributed by atoms with Gasteiger partial charge in [0.05, 0.1) is 5.69 Å². The number of para-hydroxylation sites is 1. The Morgan fingerprint density at radius 2 is 1.40 bits per heavy atom. The molecule has 0 saturated carbocycles. The summed E-state index contributed by atoms with van der Waals surface area (Å²) in [5.41, 5.74) is 3.58. The zero-order chi connectivity index (χ0) is 17.3. The van der Waals surface area contributed by atoms with Gasteiger partial charge in [0.25, 0.3) is 0 Å². The van der Waals surface area contributed by atoms with Crippen LogP contribution in [0.5, 0.6) is 5.75 Å². The summed E-state index contributed by atoms with van der Waals surface area (Å²) in [5, 5.41) is 10.1. The van der Waals surface area contributed by atoms with Gasteiger partial charge in [-0.15, -0.1) is 0 Å². The second-order valence-corrected chi connectivity index (χ2v) is 5.47. The maximum Gasteiger partial charge on any atom is 0.124 e. The first kappa shape index (κ1) is 16.5. The van der Waals surface area contributed by atoms with Gasteiger partial charge in [-0.3, -0.25) is 4.98 Å². The smallest absolute Gasteiger partial charge is 0.124 e. The number of aromatic hydroxyl groups is 1. The maximum absolute atomic E-state index is 10.1. The predicted molar refractivity (Wildman–Crippen MR) is 105 cm³/mol. The average molecular weight is 325 g/mol. The van der Waals surface area contributed by atoms with Gasteiger partial charge < -0.3 is 5.11 Å². The van der Waals surface area contributed by atoms with Crippen molar-refractivity contribution in [2.45, 2.75) is 0 Å². The minimum absolute atomic E-state index is 0.232. The van der Waals surface area contributed by atoms with Gasteiger partial charge in [0.15, 0.2) is 0 Å². The molecule has 1 aliphatic carbocycles. The van der Waals surface area contributed by atoms with E-state index in [0.717, 1.165) is 22.4 Å². The molecule has 0 radical (unpaired) electrons. The molecule has 0 saturated heterocycles. The van der Waals surface area contributed by atoms with Crippen molar-refractivity contribution in [2.75, 3.05) is 0 Å². The Hall–Kier alpha value is -3.39. The van der Waals surface area contributed by atoms with Gasteiger partial charge in [-0.05, 0) is 35.4 Å². The Bertz CT molecular complexity index is 911. The number of benzene rings is 1. The van der Waals surface area contributed by atoms with Crippen molar-refractivity contribution in [1.29, 1.82) is 0 Å². The number of hydrogen-bond donors (Lipinski definition) is 1. The number of phenols is 1. The molecule has 0 aliphatic heterocycles. The monoisotopic (exact) mass is 325 g/mol. The lowest BCUT2D eigenvalue weighted by molar-refractivity contribution is 0.477. The van der Waals surface area contributed by atoms with E-state index in [-0.39, 0.29) is 5.75 Å². The van der Waals surface area contributed by atoms with Gasteiger partial charge in [-0.1, -0.05) is 79.0 Å². The number of rotatable bonds is 2. The van der Waals surface area contributed by atoms with Gasteiger partial charge in [0.1, 0.15) is 5.75 Å². The minimum Gasteiger partial charge on any atom is -0.507 e. The number of allylic oxidation sites excluding steroid dienone is 12. The Labute approximate surface area is 148 Å². The molecule has 0 unspecified atom stereocenters. The van der Waals surface area contributed by atoms with Crippen molar-refractivity contribution in [1.82, 2.24) is 4.98 Å². The van der Waals surface area contributed by atoms with E-state index in [1.54, 1.807) is 18.3 Å². The molecule has 1 heterocycles. The van der Waals surface area contributed by atoms with Crippen molar-refractivity contribution < 1.29 is 5.11 Å². The van der Waals surface area contributed by atoms with Crippen molar-refractivity contribution >= 4 is 5.57 Å². The molecule has 1 aromatic carbocycles. The number of hydrogen-bond acceptors (Lipinski definition) is 2. The summed E-state index contributed by atoms with van der Waals surface area (Å²) < 4.78 is 0. The number of aromatic nitrogens is 1. The van der Waals surface area contributed by atoms with Crippen LogP contribution < -0.4 is 0 Å². The van der Waals surface area contributed by atoms with E-state index in [2.05, 4.69) is 17.1 Å². The van der Waals surface area contributed by atoms with Crippen LogP contribution in [-0.2, 0) is 0 Å². The van der Waals surface area contributed by atoms with Crippen LogP contribution in [0.15, 0.2) is 109 Å². The van der Waals surface area contributed by atoms with Gasteiger partial charge in [0, 0.05) is 11.8 Å². The summed E-state index contributed by atoms with van der Waals surface area (Å²) in [6, 6.07) is 11.2. The van der Waals surface area contributed by atoms with Crippen LogP contribution >= 0.6 is 0 Å². The molecule has 2 aromatic rings.